The summed E-state index contributed by atoms with van der Waals surface area (Å²) in [6.45, 7) is 0. The largest absolute Gasteiger partial charge is 0.384 e. The number of aromatic nitrogens is 3. The summed E-state index contributed by atoms with van der Waals surface area (Å²) in [5.41, 5.74) is 5.86. The van der Waals surface area contributed by atoms with Crippen LogP contribution in [0.3, 0.4) is 0 Å². The van der Waals surface area contributed by atoms with Crippen LogP contribution in [0.25, 0.3) is 5.65 Å². The Balaban J connectivity index is 2.83. The summed E-state index contributed by atoms with van der Waals surface area (Å²) in [6.07, 6.45) is 2.73. The molecule has 0 bridgehead atoms. The van der Waals surface area contributed by atoms with Gasteiger partial charge in [-0.25, -0.2) is 9.19 Å². The summed E-state index contributed by atoms with van der Waals surface area (Å²) < 4.78 is 20.9. The summed E-state index contributed by atoms with van der Waals surface area (Å²) in [5, 5.41) is 3.82. The lowest BCUT2D eigenvalue weighted by molar-refractivity contribution is 0.565. The molecule has 0 fully saturated rings. The molecule has 1 unspecified atom stereocenters. The molecule has 68 valence electrons. The molecule has 1 atom stereocenters. The van der Waals surface area contributed by atoms with Crippen LogP contribution in [0.15, 0.2) is 23.4 Å². The Morgan fingerprint density at radius 1 is 1.62 bits per heavy atom. The molecule has 0 aromatic carbocycles. The van der Waals surface area contributed by atoms with E-state index >= 15 is 0 Å². The van der Waals surface area contributed by atoms with Gasteiger partial charge < -0.3 is 10.3 Å². The zero-order valence-corrected chi connectivity index (χ0v) is 7.23. The molecular formula is C6H6N4O2S. The van der Waals surface area contributed by atoms with Crippen LogP contribution in [-0.2, 0) is 11.1 Å². The van der Waals surface area contributed by atoms with Crippen molar-refractivity contribution in [2.45, 2.75) is 4.90 Å². The molecule has 0 aliphatic rings. The van der Waals surface area contributed by atoms with Gasteiger partial charge >= 0.3 is 0 Å². The van der Waals surface area contributed by atoms with Crippen molar-refractivity contribution in [3.05, 3.63) is 18.5 Å². The fourth-order valence-corrected chi connectivity index (χ4v) is 1.44. The zero-order valence-electron chi connectivity index (χ0n) is 6.41. The molecule has 0 spiro atoms. The van der Waals surface area contributed by atoms with Crippen molar-refractivity contribution in [3.8, 4) is 0 Å². The van der Waals surface area contributed by atoms with E-state index < -0.39 is 11.1 Å². The first-order chi connectivity index (χ1) is 6.20. The molecule has 6 nitrogen and oxygen atoms in total. The van der Waals surface area contributed by atoms with Crippen LogP contribution < -0.4 is 5.73 Å². The maximum atomic E-state index is 10.8. The van der Waals surface area contributed by atoms with Gasteiger partial charge in [-0.3, -0.25) is 0 Å². The highest BCUT2D eigenvalue weighted by Crippen LogP contribution is 2.13. The molecule has 13 heavy (non-hydrogen) atoms. The molecule has 2 aromatic rings. The molecule has 2 heterocycles. The van der Waals surface area contributed by atoms with Crippen molar-refractivity contribution in [1.82, 2.24) is 14.6 Å². The molecule has 0 aliphatic heterocycles. The highest BCUT2D eigenvalue weighted by molar-refractivity contribution is 7.79. The third-order valence-electron chi connectivity index (χ3n) is 1.59. The Hall–Kier alpha value is -1.47. The predicted molar refractivity (Wildman–Crippen MR) is 46.4 cm³/mol. The number of nitrogen functional groups attached to an aromatic ring is 1. The van der Waals surface area contributed by atoms with Gasteiger partial charge in [-0.1, -0.05) is 0 Å². The van der Waals surface area contributed by atoms with Gasteiger partial charge in [0.2, 0.25) is 0 Å². The summed E-state index contributed by atoms with van der Waals surface area (Å²) >= 11 is -2.08. The molecule has 2 aromatic heterocycles. The Morgan fingerprint density at radius 2 is 2.38 bits per heavy atom. The van der Waals surface area contributed by atoms with E-state index in [2.05, 4.69) is 10.1 Å². The van der Waals surface area contributed by atoms with E-state index in [0.717, 1.165) is 0 Å². The SMILES string of the molecule is Nc1ccnc2c(S(=O)O)cnn12. The number of hydrogen-bond acceptors (Lipinski definition) is 4. The normalized spacial score (nSPS) is 13.3. The first-order valence-corrected chi connectivity index (χ1v) is 4.50. The first-order valence-electron chi connectivity index (χ1n) is 3.39. The average molecular weight is 198 g/mol. The second-order valence-corrected chi connectivity index (χ2v) is 3.30. The highest BCUT2D eigenvalue weighted by atomic mass is 32.2. The minimum atomic E-state index is -2.08. The van der Waals surface area contributed by atoms with E-state index in [9.17, 15) is 4.21 Å². The van der Waals surface area contributed by atoms with Crippen LogP contribution in [0.1, 0.15) is 0 Å². The monoisotopic (exact) mass is 198 g/mol. The van der Waals surface area contributed by atoms with Gasteiger partial charge in [0.05, 0.1) is 6.20 Å². The van der Waals surface area contributed by atoms with Crippen molar-refractivity contribution in [1.29, 1.82) is 0 Å². The molecule has 2 rings (SSSR count). The van der Waals surface area contributed by atoms with Crippen LogP contribution in [-0.4, -0.2) is 23.4 Å². The Kier molecular flexibility index (Phi) is 1.74. The third-order valence-corrected chi connectivity index (χ3v) is 2.25. The number of hydrogen-bond donors (Lipinski definition) is 2. The number of rotatable bonds is 1. The molecule has 0 radical (unpaired) electrons. The maximum Gasteiger partial charge on any atom is 0.192 e. The van der Waals surface area contributed by atoms with Crippen LogP contribution in [0.5, 0.6) is 0 Å². The summed E-state index contributed by atoms with van der Waals surface area (Å²) in [6, 6.07) is 1.56. The van der Waals surface area contributed by atoms with Gasteiger partial charge in [-0.2, -0.15) is 9.61 Å². The summed E-state index contributed by atoms with van der Waals surface area (Å²) in [5.74, 6) is 0.377. The van der Waals surface area contributed by atoms with E-state index in [-0.39, 0.29) is 4.90 Å². The molecule has 3 N–H and O–H groups in total. The number of nitrogens with two attached hydrogens (primary N) is 1. The van der Waals surface area contributed by atoms with Crippen LogP contribution >= 0.6 is 0 Å². The molecule has 7 heteroatoms. The lowest BCUT2D eigenvalue weighted by Crippen LogP contribution is -1.99. The van der Waals surface area contributed by atoms with Crippen molar-refractivity contribution in [2.24, 2.45) is 0 Å². The average Bonchev–Trinajstić information content (AvgIpc) is 2.48. The van der Waals surface area contributed by atoms with Crippen molar-refractivity contribution >= 4 is 22.5 Å². The van der Waals surface area contributed by atoms with Gasteiger partial charge in [-0.05, 0) is 6.07 Å². The number of anilines is 1. The topological polar surface area (TPSA) is 93.5 Å². The van der Waals surface area contributed by atoms with E-state index in [1.807, 2.05) is 0 Å². The fourth-order valence-electron chi connectivity index (χ4n) is 1.01. The van der Waals surface area contributed by atoms with Gasteiger partial charge in [-0.15, -0.1) is 0 Å². The quantitative estimate of drug-likeness (QED) is 0.623. The molecular weight excluding hydrogens is 192 g/mol. The highest BCUT2D eigenvalue weighted by Gasteiger charge is 2.10. The number of nitrogens with zero attached hydrogens (tertiary/aromatic N) is 3. The smallest absolute Gasteiger partial charge is 0.192 e. The van der Waals surface area contributed by atoms with E-state index in [0.29, 0.717) is 11.5 Å². The minimum absolute atomic E-state index is 0.160. The van der Waals surface area contributed by atoms with Gasteiger partial charge in [0.15, 0.2) is 16.7 Å². The van der Waals surface area contributed by atoms with E-state index in [1.54, 1.807) is 6.07 Å². The Morgan fingerprint density at radius 3 is 3.08 bits per heavy atom. The predicted octanol–water partition coefficient (Wildman–Crippen LogP) is -0.108. The van der Waals surface area contributed by atoms with Crippen LogP contribution in [0.2, 0.25) is 0 Å². The van der Waals surface area contributed by atoms with Gasteiger partial charge in [0, 0.05) is 6.20 Å². The lowest BCUT2D eigenvalue weighted by atomic mass is 10.5. The third kappa shape index (κ3) is 1.18. The summed E-state index contributed by atoms with van der Waals surface area (Å²) in [7, 11) is 0. The molecule has 0 saturated carbocycles. The maximum absolute atomic E-state index is 10.8. The van der Waals surface area contributed by atoms with Gasteiger partial charge in [0.1, 0.15) is 10.7 Å². The van der Waals surface area contributed by atoms with E-state index in [4.69, 9.17) is 10.3 Å². The van der Waals surface area contributed by atoms with Crippen molar-refractivity contribution < 1.29 is 8.76 Å². The minimum Gasteiger partial charge on any atom is -0.384 e. The second-order valence-electron chi connectivity index (χ2n) is 2.36. The number of fused-ring (bicyclic) bond motifs is 1. The van der Waals surface area contributed by atoms with Crippen molar-refractivity contribution in [2.75, 3.05) is 5.73 Å². The lowest BCUT2D eigenvalue weighted by Gasteiger charge is -1.96. The van der Waals surface area contributed by atoms with Crippen LogP contribution in [0.4, 0.5) is 5.82 Å². The van der Waals surface area contributed by atoms with Crippen molar-refractivity contribution in [3.63, 3.8) is 0 Å². The van der Waals surface area contributed by atoms with Crippen LogP contribution in [0, 0.1) is 0 Å². The van der Waals surface area contributed by atoms with E-state index in [1.165, 1.54) is 16.9 Å². The zero-order chi connectivity index (χ0) is 9.42. The first kappa shape index (κ1) is 8.14. The second kappa shape index (κ2) is 2.79. The Labute approximate surface area is 75.7 Å². The summed E-state index contributed by atoms with van der Waals surface area (Å²) in [4.78, 5) is 4.05. The molecule has 0 saturated heterocycles. The Bertz CT molecular complexity index is 480. The standard InChI is InChI=1S/C6H6N4O2S/c7-5-1-2-8-6-4(13(11)12)3-9-10(5)6/h1-3H,7H2,(H,11,12). The molecule has 0 aliphatic carbocycles. The molecule has 0 amide bonds. The van der Waals surface area contributed by atoms with Gasteiger partial charge in [0.25, 0.3) is 0 Å². The fraction of sp³-hybridized carbons (Fsp3) is 0.